The smallest absolute Gasteiger partial charge is 0.321 e. The Kier molecular flexibility index (Phi) is 6.93. The van der Waals surface area contributed by atoms with Crippen LogP contribution in [0.1, 0.15) is 50.0 Å². The SMILES string of the molecule is NC1(C(=O)Nc2ccc(C3CCN(C(=O)Nc4c(Cl)cccc4Cl)CC3)cc2)CCCC1. The zero-order valence-electron chi connectivity index (χ0n) is 17.9. The number of benzene rings is 2. The molecule has 2 aromatic rings. The van der Waals surface area contributed by atoms with Gasteiger partial charge in [-0.1, -0.05) is 54.2 Å². The topological polar surface area (TPSA) is 87.5 Å². The summed E-state index contributed by atoms with van der Waals surface area (Å²) < 4.78 is 0. The molecule has 0 aromatic heterocycles. The number of nitrogens with one attached hydrogen (secondary N) is 2. The van der Waals surface area contributed by atoms with Crippen LogP contribution in [0.2, 0.25) is 10.0 Å². The summed E-state index contributed by atoms with van der Waals surface area (Å²) in [7, 11) is 0. The standard InChI is InChI=1S/C24H28Cl2N4O2/c25-19-4-3-5-20(26)21(19)29-23(32)30-14-10-17(11-15-30)16-6-8-18(9-7-16)28-22(31)24(27)12-1-2-13-24/h3-9,17H,1-2,10-15,27H2,(H,28,31)(H,29,32). The number of amides is 3. The Labute approximate surface area is 198 Å². The largest absolute Gasteiger partial charge is 0.324 e. The van der Waals surface area contributed by atoms with E-state index >= 15 is 0 Å². The summed E-state index contributed by atoms with van der Waals surface area (Å²) in [6, 6.07) is 12.9. The summed E-state index contributed by atoms with van der Waals surface area (Å²) in [5, 5.41) is 6.63. The minimum Gasteiger partial charge on any atom is -0.324 e. The third-order valence-electron chi connectivity index (χ3n) is 6.56. The number of para-hydroxylation sites is 1. The highest BCUT2D eigenvalue weighted by atomic mass is 35.5. The first-order chi connectivity index (χ1) is 15.4. The Balaban J connectivity index is 1.30. The number of nitrogens with two attached hydrogens (primary N) is 1. The first-order valence-electron chi connectivity index (χ1n) is 11.1. The average molecular weight is 475 g/mol. The first kappa shape index (κ1) is 22.9. The highest BCUT2D eigenvalue weighted by Gasteiger charge is 2.37. The Morgan fingerprint density at radius 1 is 0.938 bits per heavy atom. The van der Waals surface area contributed by atoms with Crippen molar-refractivity contribution in [2.45, 2.75) is 50.0 Å². The summed E-state index contributed by atoms with van der Waals surface area (Å²) >= 11 is 12.3. The zero-order chi connectivity index (χ0) is 22.7. The normalized spacial score (nSPS) is 18.4. The first-order valence-corrected chi connectivity index (χ1v) is 11.8. The molecule has 0 spiro atoms. The molecule has 3 amide bonds. The molecule has 32 heavy (non-hydrogen) atoms. The molecule has 4 rings (SSSR count). The highest BCUT2D eigenvalue weighted by molar-refractivity contribution is 6.39. The molecule has 2 fully saturated rings. The number of piperidine rings is 1. The van der Waals surface area contributed by atoms with E-state index in [1.807, 2.05) is 12.1 Å². The number of nitrogens with zero attached hydrogens (tertiary/aromatic N) is 1. The van der Waals surface area contributed by atoms with Gasteiger partial charge >= 0.3 is 6.03 Å². The van der Waals surface area contributed by atoms with Gasteiger partial charge in [-0.15, -0.1) is 0 Å². The lowest BCUT2D eigenvalue weighted by molar-refractivity contribution is -0.121. The van der Waals surface area contributed by atoms with Gasteiger partial charge in [0.2, 0.25) is 5.91 Å². The van der Waals surface area contributed by atoms with Crippen molar-refractivity contribution in [2.75, 3.05) is 23.7 Å². The van der Waals surface area contributed by atoms with Crippen LogP contribution in [0.5, 0.6) is 0 Å². The average Bonchev–Trinajstić information content (AvgIpc) is 3.25. The summed E-state index contributed by atoms with van der Waals surface area (Å²) in [6.07, 6.45) is 5.22. The lowest BCUT2D eigenvalue weighted by Gasteiger charge is -2.32. The molecular formula is C24H28Cl2N4O2. The van der Waals surface area contributed by atoms with Crippen LogP contribution in [-0.2, 0) is 4.79 Å². The number of anilines is 2. The van der Waals surface area contributed by atoms with E-state index in [0.29, 0.717) is 34.7 Å². The van der Waals surface area contributed by atoms with Gasteiger partial charge in [-0.3, -0.25) is 4.79 Å². The molecule has 6 nitrogen and oxygen atoms in total. The van der Waals surface area contributed by atoms with Crippen molar-refractivity contribution in [1.29, 1.82) is 0 Å². The molecule has 2 aliphatic rings. The van der Waals surface area contributed by atoms with E-state index in [1.54, 1.807) is 23.1 Å². The van der Waals surface area contributed by atoms with Gasteiger partial charge in [0.05, 0.1) is 21.3 Å². The summed E-state index contributed by atoms with van der Waals surface area (Å²) in [5.74, 6) is 0.268. The van der Waals surface area contributed by atoms with Crippen LogP contribution in [0.25, 0.3) is 0 Å². The number of urea groups is 1. The van der Waals surface area contributed by atoms with Crippen LogP contribution in [0, 0.1) is 0 Å². The molecule has 1 aliphatic carbocycles. The summed E-state index contributed by atoms with van der Waals surface area (Å²) in [4.78, 5) is 26.9. The third kappa shape index (κ3) is 5.03. The van der Waals surface area contributed by atoms with Crippen molar-refractivity contribution in [3.63, 3.8) is 0 Å². The van der Waals surface area contributed by atoms with E-state index in [0.717, 1.165) is 44.2 Å². The molecule has 1 aliphatic heterocycles. The van der Waals surface area contributed by atoms with Crippen molar-refractivity contribution in [2.24, 2.45) is 5.73 Å². The lowest BCUT2D eigenvalue weighted by atomic mass is 9.89. The van der Waals surface area contributed by atoms with Crippen LogP contribution in [0.15, 0.2) is 42.5 Å². The van der Waals surface area contributed by atoms with Gasteiger partial charge in [-0.05, 0) is 61.4 Å². The molecule has 2 aromatic carbocycles. The van der Waals surface area contributed by atoms with Crippen molar-refractivity contribution < 1.29 is 9.59 Å². The van der Waals surface area contributed by atoms with Crippen LogP contribution in [0.3, 0.4) is 0 Å². The molecule has 4 N–H and O–H groups in total. The number of rotatable bonds is 4. The number of hydrogen-bond acceptors (Lipinski definition) is 3. The summed E-state index contributed by atoms with van der Waals surface area (Å²) in [5.41, 5.74) is 7.92. The molecule has 0 radical (unpaired) electrons. The fourth-order valence-corrected chi connectivity index (χ4v) is 5.04. The predicted octanol–water partition coefficient (Wildman–Crippen LogP) is 5.61. The van der Waals surface area contributed by atoms with Crippen LogP contribution >= 0.6 is 23.2 Å². The minimum absolute atomic E-state index is 0.0966. The molecule has 0 atom stereocenters. The number of carbonyl (C=O) groups is 2. The monoisotopic (exact) mass is 474 g/mol. The zero-order valence-corrected chi connectivity index (χ0v) is 19.4. The lowest BCUT2D eigenvalue weighted by Crippen LogP contribution is -2.48. The van der Waals surface area contributed by atoms with Gasteiger partial charge in [-0.25, -0.2) is 4.79 Å². The summed E-state index contributed by atoms with van der Waals surface area (Å²) in [6.45, 7) is 1.29. The second-order valence-corrected chi connectivity index (χ2v) is 9.54. The number of hydrogen-bond donors (Lipinski definition) is 3. The molecule has 1 saturated carbocycles. The van der Waals surface area contributed by atoms with Gasteiger partial charge in [0.25, 0.3) is 0 Å². The number of carbonyl (C=O) groups excluding carboxylic acids is 2. The number of likely N-dealkylation sites (tertiary alicyclic amines) is 1. The third-order valence-corrected chi connectivity index (χ3v) is 7.19. The Morgan fingerprint density at radius 3 is 2.12 bits per heavy atom. The van der Waals surface area contributed by atoms with Crippen LogP contribution in [-0.4, -0.2) is 35.5 Å². The van der Waals surface area contributed by atoms with Crippen molar-refractivity contribution >= 4 is 46.5 Å². The van der Waals surface area contributed by atoms with E-state index in [9.17, 15) is 9.59 Å². The predicted molar refractivity (Wildman–Crippen MR) is 129 cm³/mol. The molecule has 1 heterocycles. The Bertz CT molecular complexity index is 962. The molecule has 170 valence electrons. The molecule has 0 bridgehead atoms. The van der Waals surface area contributed by atoms with Crippen molar-refractivity contribution in [3.05, 3.63) is 58.1 Å². The van der Waals surface area contributed by atoms with Gasteiger partial charge < -0.3 is 21.3 Å². The fraction of sp³-hybridized carbons (Fsp3) is 0.417. The van der Waals surface area contributed by atoms with E-state index in [4.69, 9.17) is 28.9 Å². The maximum Gasteiger partial charge on any atom is 0.321 e. The highest BCUT2D eigenvalue weighted by Crippen LogP contribution is 2.33. The van der Waals surface area contributed by atoms with E-state index in [-0.39, 0.29) is 11.9 Å². The second kappa shape index (κ2) is 9.69. The van der Waals surface area contributed by atoms with Crippen LogP contribution in [0.4, 0.5) is 16.2 Å². The van der Waals surface area contributed by atoms with Crippen molar-refractivity contribution in [3.8, 4) is 0 Å². The number of halogens is 2. The fourth-order valence-electron chi connectivity index (χ4n) is 4.55. The minimum atomic E-state index is -0.736. The van der Waals surface area contributed by atoms with Gasteiger partial charge in [-0.2, -0.15) is 0 Å². The van der Waals surface area contributed by atoms with Gasteiger partial charge in [0.15, 0.2) is 0 Å². The van der Waals surface area contributed by atoms with E-state index in [1.165, 1.54) is 5.56 Å². The molecular weight excluding hydrogens is 447 g/mol. The maximum absolute atomic E-state index is 12.6. The molecule has 1 saturated heterocycles. The van der Waals surface area contributed by atoms with E-state index < -0.39 is 5.54 Å². The van der Waals surface area contributed by atoms with Crippen LogP contribution < -0.4 is 16.4 Å². The molecule has 0 unspecified atom stereocenters. The Morgan fingerprint density at radius 2 is 1.53 bits per heavy atom. The maximum atomic E-state index is 12.6. The second-order valence-electron chi connectivity index (χ2n) is 8.73. The van der Waals surface area contributed by atoms with Gasteiger partial charge in [0, 0.05) is 18.8 Å². The quantitative estimate of drug-likeness (QED) is 0.537. The van der Waals surface area contributed by atoms with E-state index in [2.05, 4.69) is 22.8 Å². The van der Waals surface area contributed by atoms with Gasteiger partial charge in [0.1, 0.15) is 0 Å². The van der Waals surface area contributed by atoms with Crippen molar-refractivity contribution in [1.82, 2.24) is 4.90 Å². The molecule has 8 heteroatoms. The Hall–Kier alpha value is -2.28.